The summed E-state index contributed by atoms with van der Waals surface area (Å²) in [6.45, 7) is 0. The monoisotopic (exact) mass is 169 g/mol. The van der Waals surface area contributed by atoms with Crippen molar-refractivity contribution in [2.75, 3.05) is 0 Å². The van der Waals surface area contributed by atoms with E-state index >= 15 is 0 Å². The highest BCUT2D eigenvalue weighted by Crippen LogP contribution is 2.69. The Morgan fingerprint density at radius 2 is 1.70 bits per heavy atom. The fraction of sp³-hybridized carbons (Fsp3) is 1.00. The summed E-state index contributed by atoms with van der Waals surface area (Å²) < 4.78 is 25.0. The molecule has 2 N–H and O–H groups in total. The molecule has 0 aromatic heterocycles. The minimum Gasteiger partial charge on any atom is -0.322 e. The first-order valence-corrected chi connectivity index (χ1v) is 3.25. The van der Waals surface area contributed by atoms with Crippen molar-refractivity contribution in [3.8, 4) is 0 Å². The summed E-state index contributed by atoms with van der Waals surface area (Å²) in [4.78, 5) is 0. The van der Waals surface area contributed by atoms with Crippen LogP contribution in [0.1, 0.15) is 19.3 Å². The summed E-state index contributed by atoms with van der Waals surface area (Å²) in [5.41, 5.74) is 4.46. The smallest absolute Gasteiger partial charge is 0.270 e. The van der Waals surface area contributed by atoms with Crippen molar-refractivity contribution in [1.29, 1.82) is 0 Å². The van der Waals surface area contributed by atoms with Gasteiger partial charge < -0.3 is 5.73 Å². The number of nitrogens with two attached hydrogens (primary N) is 1. The van der Waals surface area contributed by atoms with E-state index in [0.717, 1.165) is 6.42 Å². The standard InChI is InChI=1S/C6H9F2N.ClH/c7-6(8)4(9)5(6)2-1-3-5;/h4H,1-3,9H2;1H. The van der Waals surface area contributed by atoms with Crippen molar-refractivity contribution < 1.29 is 8.78 Å². The highest BCUT2D eigenvalue weighted by atomic mass is 35.5. The van der Waals surface area contributed by atoms with Crippen LogP contribution in [0.4, 0.5) is 8.78 Å². The molecule has 0 heterocycles. The van der Waals surface area contributed by atoms with Gasteiger partial charge >= 0.3 is 0 Å². The molecule has 0 amide bonds. The van der Waals surface area contributed by atoms with Gasteiger partial charge in [0.05, 0.1) is 11.5 Å². The van der Waals surface area contributed by atoms with Gasteiger partial charge in [0.25, 0.3) is 5.92 Å². The van der Waals surface area contributed by atoms with E-state index in [1.807, 2.05) is 0 Å². The van der Waals surface area contributed by atoms with E-state index in [0.29, 0.717) is 12.8 Å². The van der Waals surface area contributed by atoms with Gasteiger partial charge in [-0.2, -0.15) is 0 Å². The zero-order valence-corrected chi connectivity index (χ0v) is 6.26. The number of hydrogen-bond acceptors (Lipinski definition) is 1. The largest absolute Gasteiger partial charge is 0.322 e. The normalized spacial score (nSPS) is 38.1. The Kier molecular flexibility index (Phi) is 1.50. The van der Waals surface area contributed by atoms with E-state index in [-0.39, 0.29) is 12.4 Å². The van der Waals surface area contributed by atoms with Crippen molar-refractivity contribution in [3.63, 3.8) is 0 Å². The summed E-state index contributed by atoms with van der Waals surface area (Å²) in [5.74, 6) is -2.52. The third kappa shape index (κ3) is 0.558. The van der Waals surface area contributed by atoms with Gasteiger partial charge in [-0.25, -0.2) is 8.78 Å². The molecule has 2 rings (SSSR count). The first-order valence-electron chi connectivity index (χ1n) is 3.25. The Bertz CT molecular complexity index is 156. The maximum Gasteiger partial charge on any atom is 0.270 e. The van der Waals surface area contributed by atoms with Gasteiger partial charge in [-0.05, 0) is 12.8 Å². The Labute approximate surface area is 64.4 Å². The second-order valence-corrected chi connectivity index (χ2v) is 3.11. The van der Waals surface area contributed by atoms with Crippen LogP contribution < -0.4 is 5.73 Å². The lowest BCUT2D eigenvalue weighted by Gasteiger charge is -2.24. The van der Waals surface area contributed by atoms with Gasteiger partial charge in [-0.15, -0.1) is 12.4 Å². The van der Waals surface area contributed by atoms with Crippen LogP contribution in [-0.4, -0.2) is 12.0 Å². The fourth-order valence-corrected chi connectivity index (χ4v) is 1.74. The van der Waals surface area contributed by atoms with E-state index in [4.69, 9.17) is 5.73 Å². The lowest BCUT2D eigenvalue weighted by Crippen LogP contribution is -2.22. The van der Waals surface area contributed by atoms with Crippen LogP contribution in [0.5, 0.6) is 0 Å². The van der Waals surface area contributed by atoms with Crippen molar-refractivity contribution in [3.05, 3.63) is 0 Å². The SMILES string of the molecule is Cl.NC1C(F)(F)C12CCC2. The molecule has 0 radical (unpaired) electrons. The maximum atomic E-state index is 12.5. The van der Waals surface area contributed by atoms with E-state index in [9.17, 15) is 8.78 Å². The quantitative estimate of drug-likeness (QED) is 0.585. The third-order valence-electron chi connectivity index (χ3n) is 2.81. The Balaban J connectivity index is 0.000000500. The van der Waals surface area contributed by atoms with Gasteiger partial charge in [0.2, 0.25) is 0 Å². The highest BCUT2D eigenvalue weighted by Gasteiger charge is 2.80. The summed E-state index contributed by atoms with van der Waals surface area (Å²) in [5, 5.41) is 0. The van der Waals surface area contributed by atoms with Crippen LogP contribution >= 0.6 is 12.4 Å². The molecule has 10 heavy (non-hydrogen) atoms. The zero-order chi connectivity index (χ0) is 6.70. The Hall–Kier alpha value is 0.110. The molecule has 2 aliphatic rings. The second-order valence-electron chi connectivity index (χ2n) is 3.11. The molecule has 0 bridgehead atoms. The topological polar surface area (TPSA) is 26.0 Å². The predicted octanol–water partition coefficient (Wildman–Crippen LogP) is 1.55. The third-order valence-corrected chi connectivity index (χ3v) is 2.81. The van der Waals surface area contributed by atoms with Gasteiger partial charge in [0, 0.05) is 0 Å². The Morgan fingerprint density at radius 3 is 1.70 bits per heavy atom. The molecule has 0 saturated heterocycles. The summed E-state index contributed by atoms with van der Waals surface area (Å²) in [6.07, 6.45) is 2.21. The summed E-state index contributed by atoms with van der Waals surface area (Å²) >= 11 is 0. The number of hydrogen-bond donors (Lipinski definition) is 1. The molecule has 60 valence electrons. The van der Waals surface area contributed by atoms with Crippen LogP contribution in [0, 0.1) is 5.41 Å². The Morgan fingerprint density at radius 1 is 1.30 bits per heavy atom. The second kappa shape index (κ2) is 1.83. The first-order chi connectivity index (χ1) is 4.11. The average Bonchev–Trinajstić information content (AvgIpc) is 2.01. The highest BCUT2D eigenvalue weighted by molar-refractivity contribution is 5.85. The minimum atomic E-state index is -2.52. The molecule has 1 unspecified atom stereocenters. The molecule has 0 aromatic rings. The lowest BCUT2D eigenvalue weighted by molar-refractivity contribution is 0.0295. The molecule has 2 aliphatic carbocycles. The number of rotatable bonds is 0. The van der Waals surface area contributed by atoms with Gasteiger partial charge in [-0.1, -0.05) is 6.42 Å². The van der Waals surface area contributed by atoms with E-state index in [2.05, 4.69) is 0 Å². The minimum absolute atomic E-state index is 0. The molecular formula is C6H10ClF2N. The van der Waals surface area contributed by atoms with E-state index in [1.165, 1.54) is 0 Å². The lowest BCUT2D eigenvalue weighted by atomic mass is 9.80. The zero-order valence-electron chi connectivity index (χ0n) is 5.44. The first kappa shape index (κ1) is 8.21. The molecular weight excluding hydrogens is 160 g/mol. The van der Waals surface area contributed by atoms with E-state index in [1.54, 1.807) is 0 Å². The van der Waals surface area contributed by atoms with Crippen molar-refractivity contribution in [1.82, 2.24) is 0 Å². The fourth-order valence-electron chi connectivity index (χ4n) is 1.74. The molecule has 1 spiro atoms. The molecule has 2 fully saturated rings. The van der Waals surface area contributed by atoms with Gasteiger partial charge in [-0.3, -0.25) is 0 Å². The summed E-state index contributed by atoms with van der Waals surface area (Å²) in [6, 6.07) is -0.821. The van der Waals surface area contributed by atoms with Crippen molar-refractivity contribution in [2.45, 2.75) is 31.2 Å². The van der Waals surface area contributed by atoms with Crippen LogP contribution in [-0.2, 0) is 0 Å². The molecule has 2 saturated carbocycles. The van der Waals surface area contributed by atoms with Crippen LogP contribution in [0.15, 0.2) is 0 Å². The van der Waals surface area contributed by atoms with Crippen LogP contribution in [0.3, 0.4) is 0 Å². The predicted molar refractivity (Wildman–Crippen MR) is 36.5 cm³/mol. The van der Waals surface area contributed by atoms with Gasteiger partial charge in [0.15, 0.2) is 0 Å². The molecule has 0 aromatic carbocycles. The van der Waals surface area contributed by atoms with Crippen molar-refractivity contribution >= 4 is 12.4 Å². The van der Waals surface area contributed by atoms with E-state index < -0.39 is 17.4 Å². The van der Waals surface area contributed by atoms with Gasteiger partial charge in [0.1, 0.15) is 0 Å². The molecule has 1 nitrogen and oxygen atoms in total. The molecule has 0 aliphatic heterocycles. The summed E-state index contributed by atoms with van der Waals surface area (Å²) in [7, 11) is 0. The molecule has 1 atom stereocenters. The molecule has 4 heteroatoms. The van der Waals surface area contributed by atoms with Crippen LogP contribution in [0.25, 0.3) is 0 Å². The van der Waals surface area contributed by atoms with Crippen molar-refractivity contribution in [2.24, 2.45) is 11.1 Å². The number of halogens is 3. The number of alkyl halides is 2. The van der Waals surface area contributed by atoms with Crippen LogP contribution in [0.2, 0.25) is 0 Å². The maximum absolute atomic E-state index is 12.5. The average molecular weight is 170 g/mol.